The van der Waals surface area contributed by atoms with E-state index in [2.05, 4.69) is 22.1 Å². The standard InChI is InChI=1S/C34H20N6O2/c35-19-21-1-9-25(10-2-21)41-27-13-15-29-31(17-27)39-33(37-29)23-5-7-24(8-6-23)34-38-30-16-14-28(18-32(30)40-34)42-26-11-3-22(20-36)4-12-26/h1-18H,(H,37,39)(H,38,40). The van der Waals surface area contributed by atoms with E-state index in [0.29, 0.717) is 34.1 Å². The average molecular weight is 545 g/mol. The highest BCUT2D eigenvalue weighted by Gasteiger charge is 2.11. The van der Waals surface area contributed by atoms with Crippen molar-refractivity contribution in [1.82, 2.24) is 19.9 Å². The first-order valence-electron chi connectivity index (χ1n) is 13.1. The Morgan fingerprint density at radius 2 is 0.857 bits per heavy atom. The normalized spacial score (nSPS) is 10.8. The van der Waals surface area contributed by atoms with Crippen LogP contribution < -0.4 is 9.47 Å². The van der Waals surface area contributed by atoms with Crippen molar-refractivity contribution in [2.75, 3.05) is 0 Å². The molecule has 2 N–H and O–H groups in total. The largest absolute Gasteiger partial charge is 0.457 e. The second-order valence-corrected chi connectivity index (χ2v) is 9.58. The topological polar surface area (TPSA) is 123 Å². The van der Waals surface area contributed by atoms with Gasteiger partial charge in [0.25, 0.3) is 0 Å². The molecule has 8 nitrogen and oxygen atoms in total. The molecule has 0 bridgehead atoms. The maximum atomic E-state index is 8.98. The highest BCUT2D eigenvalue weighted by atomic mass is 16.5. The van der Waals surface area contributed by atoms with Gasteiger partial charge in [0.15, 0.2) is 0 Å². The molecule has 0 spiro atoms. The number of rotatable bonds is 6. The molecule has 0 amide bonds. The molecule has 8 heteroatoms. The van der Waals surface area contributed by atoms with Crippen LogP contribution in [0.5, 0.6) is 23.0 Å². The number of ether oxygens (including phenoxy) is 2. The Balaban J connectivity index is 1.09. The van der Waals surface area contributed by atoms with Crippen LogP contribution in [0.25, 0.3) is 44.8 Å². The number of nitrogens with zero attached hydrogens (tertiary/aromatic N) is 4. The summed E-state index contributed by atoms with van der Waals surface area (Å²) < 4.78 is 11.9. The Kier molecular flexibility index (Phi) is 6.05. The lowest BCUT2D eigenvalue weighted by atomic mass is 10.1. The van der Waals surface area contributed by atoms with Crippen molar-refractivity contribution in [2.45, 2.75) is 0 Å². The maximum absolute atomic E-state index is 8.98. The van der Waals surface area contributed by atoms with Gasteiger partial charge in [0, 0.05) is 23.3 Å². The van der Waals surface area contributed by atoms with Crippen LogP contribution in [0, 0.1) is 22.7 Å². The van der Waals surface area contributed by atoms with E-state index in [-0.39, 0.29) is 0 Å². The molecule has 2 heterocycles. The van der Waals surface area contributed by atoms with Gasteiger partial charge in [-0.1, -0.05) is 24.3 Å². The zero-order valence-corrected chi connectivity index (χ0v) is 22.0. The average Bonchev–Trinajstić information content (AvgIpc) is 3.66. The first-order valence-corrected chi connectivity index (χ1v) is 13.1. The van der Waals surface area contributed by atoms with Crippen molar-refractivity contribution in [3.05, 3.63) is 120 Å². The fraction of sp³-hybridized carbons (Fsp3) is 0. The third kappa shape index (κ3) is 4.88. The Morgan fingerprint density at radius 3 is 1.24 bits per heavy atom. The molecule has 7 aromatic rings. The Labute approximate surface area is 240 Å². The van der Waals surface area contributed by atoms with E-state index in [0.717, 1.165) is 44.8 Å². The van der Waals surface area contributed by atoms with Crippen molar-refractivity contribution < 1.29 is 9.47 Å². The fourth-order valence-corrected chi connectivity index (χ4v) is 4.62. The number of aromatic amines is 2. The van der Waals surface area contributed by atoms with Gasteiger partial charge in [-0.05, 0) is 72.8 Å². The van der Waals surface area contributed by atoms with Gasteiger partial charge in [-0.25, -0.2) is 9.97 Å². The smallest absolute Gasteiger partial charge is 0.138 e. The number of imidazole rings is 2. The van der Waals surface area contributed by atoms with E-state index in [1.807, 2.05) is 60.7 Å². The highest BCUT2D eigenvalue weighted by Crippen LogP contribution is 2.30. The van der Waals surface area contributed by atoms with Crippen molar-refractivity contribution in [1.29, 1.82) is 10.5 Å². The number of benzene rings is 5. The number of nitrogens with one attached hydrogen (secondary N) is 2. The van der Waals surface area contributed by atoms with Gasteiger partial charge < -0.3 is 19.4 Å². The molecule has 0 aliphatic carbocycles. The van der Waals surface area contributed by atoms with Crippen LogP contribution in [0.4, 0.5) is 0 Å². The van der Waals surface area contributed by atoms with E-state index < -0.39 is 0 Å². The van der Waals surface area contributed by atoms with Crippen molar-refractivity contribution >= 4 is 22.1 Å². The van der Waals surface area contributed by atoms with E-state index in [1.165, 1.54) is 0 Å². The van der Waals surface area contributed by atoms with Crippen molar-refractivity contribution in [3.63, 3.8) is 0 Å². The quantitative estimate of drug-likeness (QED) is 0.218. The summed E-state index contributed by atoms with van der Waals surface area (Å²) in [5.41, 5.74) is 6.43. The number of hydrogen-bond donors (Lipinski definition) is 2. The summed E-state index contributed by atoms with van der Waals surface area (Å²) in [6.07, 6.45) is 0. The summed E-state index contributed by atoms with van der Waals surface area (Å²) in [6.45, 7) is 0. The minimum absolute atomic E-state index is 0.584. The van der Waals surface area contributed by atoms with E-state index in [9.17, 15) is 0 Å². The Morgan fingerprint density at radius 1 is 0.476 bits per heavy atom. The summed E-state index contributed by atoms with van der Waals surface area (Å²) >= 11 is 0. The van der Waals surface area contributed by atoms with E-state index in [1.54, 1.807) is 48.5 Å². The first-order chi connectivity index (χ1) is 20.6. The molecular formula is C34H20N6O2. The second-order valence-electron chi connectivity index (χ2n) is 9.58. The molecule has 0 fully saturated rings. The zero-order chi connectivity index (χ0) is 28.5. The minimum atomic E-state index is 0.584. The van der Waals surface area contributed by atoms with Crippen LogP contribution in [-0.4, -0.2) is 19.9 Å². The third-order valence-electron chi connectivity index (χ3n) is 6.78. The van der Waals surface area contributed by atoms with E-state index in [4.69, 9.17) is 30.0 Å². The summed E-state index contributed by atoms with van der Waals surface area (Å²) in [6, 6.07) is 37.6. The molecule has 0 saturated carbocycles. The predicted octanol–water partition coefficient (Wildman–Crippen LogP) is 8.10. The van der Waals surface area contributed by atoms with Gasteiger partial charge >= 0.3 is 0 Å². The SMILES string of the molecule is N#Cc1ccc(Oc2ccc3[nH]c(-c4ccc(-c5nc6cc(Oc7ccc(C#N)cc7)ccc6[nH]5)cc4)nc3c2)cc1. The van der Waals surface area contributed by atoms with Gasteiger partial charge in [-0.2, -0.15) is 10.5 Å². The lowest BCUT2D eigenvalue weighted by Crippen LogP contribution is -1.84. The Hall–Kier alpha value is -6.38. The monoisotopic (exact) mass is 544 g/mol. The molecule has 0 aliphatic heterocycles. The molecule has 7 rings (SSSR count). The van der Waals surface area contributed by atoms with Gasteiger partial charge in [0.2, 0.25) is 0 Å². The molecule has 198 valence electrons. The molecule has 2 aromatic heterocycles. The predicted molar refractivity (Wildman–Crippen MR) is 159 cm³/mol. The summed E-state index contributed by atoms with van der Waals surface area (Å²) in [4.78, 5) is 16.3. The highest BCUT2D eigenvalue weighted by molar-refractivity contribution is 5.83. The van der Waals surface area contributed by atoms with Crippen LogP contribution in [-0.2, 0) is 0 Å². The molecule has 0 atom stereocenters. The number of aromatic nitrogens is 4. The fourth-order valence-electron chi connectivity index (χ4n) is 4.62. The van der Waals surface area contributed by atoms with Crippen LogP contribution in [0.3, 0.4) is 0 Å². The van der Waals surface area contributed by atoms with Gasteiger partial charge in [0.1, 0.15) is 34.6 Å². The second kappa shape index (κ2) is 10.3. The Bertz CT molecular complexity index is 1990. The zero-order valence-electron chi connectivity index (χ0n) is 22.0. The first kappa shape index (κ1) is 24.6. The number of H-pyrrole nitrogens is 2. The molecule has 0 saturated heterocycles. The van der Waals surface area contributed by atoms with Crippen LogP contribution in [0.1, 0.15) is 11.1 Å². The summed E-state index contributed by atoms with van der Waals surface area (Å²) in [7, 11) is 0. The molecule has 0 unspecified atom stereocenters. The van der Waals surface area contributed by atoms with Crippen LogP contribution >= 0.6 is 0 Å². The number of fused-ring (bicyclic) bond motifs is 2. The molecule has 0 aliphatic rings. The number of nitriles is 2. The molecule has 5 aromatic carbocycles. The van der Waals surface area contributed by atoms with Crippen LogP contribution in [0.15, 0.2) is 109 Å². The summed E-state index contributed by atoms with van der Waals surface area (Å²) in [5.74, 6) is 4.13. The van der Waals surface area contributed by atoms with Crippen LogP contribution in [0.2, 0.25) is 0 Å². The molecular weight excluding hydrogens is 524 g/mol. The third-order valence-corrected chi connectivity index (χ3v) is 6.78. The van der Waals surface area contributed by atoms with Crippen molar-refractivity contribution in [3.8, 4) is 57.9 Å². The lowest BCUT2D eigenvalue weighted by Gasteiger charge is -2.05. The summed E-state index contributed by atoms with van der Waals surface area (Å²) in [5, 5.41) is 18.0. The lowest BCUT2D eigenvalue weighted by molar-refractivity contribution is 0.483. The van der Waals surface area contributed by atoms with E-state index >= 15 is 0 Å². The number of hydrogen-bond acceptors (Lipinski definition) is 6. The molecule has 42 heavy (non-hydrogen) atoms. The minimum Gasteiger partial charge on any atom is -0.457 e. The maximum Gasteiger partial charge on any atom is 0.138 e. The molecule has 0 radical (unpaired) electrons. The van der Waals surface area contributed by atoms with Gasteiger partial charge in [-0.3, -0.25) is 0 Å². The van der Waals surface area contributed by atoms with Gasteiger partial charge in [0.05, 0.1) is 45.3 Å². The van der Waals surface area contributed by atoms with Gasteiger partial charge in [-0.15, -0.1) is 0 Å². The van der Waals surface area contributed by atoms with Crippen molar-refractivity contribution in [2.24, 2.45) is 0 Å².